The van der Waals surface area contributed by atoms with E-state index in [1.165, 1.54) is 0 Å². The molecule has 0 atom stereocenters. The van der Waals surface area contributed by atoms with Crippen LogP contribution in [0.4, 0.5) is 5.82 Å². The second-order valence-electron chi connectivity index (χ2n) is 5.44. The molecular weight excluding hydrogens is 268 g/mol. The molecular formula is C15H24N4O2. The van der Waals surface area contributed by atoms with Crippen molar-refractivity contribution in [1.29, 1.82) is 0 Å². The molecule has 6 heteroatoms. The van der Waals surface area contributed by atoms with Gasteiger partial charge >= 0.3 is 0 Å². The first-order chi connectivity index (χ1) is 10.1. The quantitative estimate of drug-likeness (QED) is 0.801. The van der Waals surface area contributed by atoms with Crippen LogP contribution in [0.1, 0.15) is 19.4 Å². The van der Waals surface area contributed by atoms with Crippen molar-refractivity contribution in [1.82, 2.24) is 15.6 Å². The number of amides is 1. The predicted molar refractivity (Wildman–Crippen MR) is 82.3 cm³/mol. The van der Waals surface area contributed by atoms with Crippen LogP contribution in [-0.4, -0.2) is 49.8 Å². The van der Waals surface area contributed by atoms with Crippen LogP contribution in [0.3, 0.4) is 0 Å². The number of carbonyl (C=O) groups excluding carboxylic acids is 1. The van der Waals surface area contributed by atoms with Crippen molar-refractivity contribution in [2.24, 2.45) is 0 Å². The molecule has 2 heterocycles. The fourth-order valence-electron chi connectivity index (χ4n) is 2.06. The van der Waals surface area contributed by atoms with E-state index in [9.17, 15) is 4.79 Å². The number of nitrogens with one attached hydrogen (secondary N) is 2. The minimum Gasteiger partial charge on any atom is -0.378 e. The zero-order chi connectivity index (χ0) is 15.1. The van der Waals surface area contributed by atoms with Crippen molar-refractivity contribution in [3.8, 4) is 0 Å². The molecule has 0 spiro atoms. The fraction of sp³-hybridized carbons (Fsp3) is 0.600. The van der Waals surface area contributed by atoms with E-state index in [0.29, 0.717) is 19.1 Å². The van der Waals surface area contributed by atoms with Gasteiger partial charge in [0.25, 0.3) is 0 Å². The smallest absolute Gasteiger partial charge is 0.234 e. The number of anilines is 1. The highest BCUT2D eigenvalue weighted by Gasteiger charge is 2.12. The summed E-state index contributed by atoms with van der Waals surface area (Å²) in [5.41, 5.74) is 1.00. The summed E-state index contributed by atoms with van der Waals surface area (Å²) in [5, 5.41) is 5.97. The Balaban J connectivity index is 1.78. The van der Waals surface area contributed by atoms with Crippen molar-refractivity contribution in [3.05, 3.63) is 23.9 Å². The van der Waals surface area contributed by atoms with Crippen LogP contribution in [0.15, 0.2) is 18.3 Å². The highest BCUT2D eigenvalue weighted by Crippen LogP contribution is 2.12. The molecule has 2 rings (SSSR count). The Labute approximate surface area is 125 Å². The molecule has 116 valence electrons. The van der Waals surface area contributed by atoms with E-state index in [4.69, 9.17) is 4.74 Å². The lowest BCUT2D eigenvalue weighted by Crippen LogP contribution is -2.37. The van der Waals surface area contributed by atoms with Gasteiger partial charge in [-0.1, -0.05) is 19.9 Å². The molecule has 2 N–H and O–H groups in total. The van der Waals surface area contributed by atoms with Gasteiger partial charge in [0.1, 0.15) is 5.82 Å². The van der Waals surface area contributed by atoms with Gasteiger partial charge in [-0.3, -0.25) is 4.79 Å². The summed E-state index contributed by atoms with van der Waals surface area (Å²) >= 11 is 0. The maximum Gasteiger partial charge on any atom is 0.234 e. The third kappa shape index (κ3) is 5.32. The van der Waals surface area contributed by atoms with Crippen LogP contribution in [-0.2, 0) is 16.1 Å². The minimum absolute atomic E-state index is 0.000885. The van der Waals surface area contributed by atoms with Crippen molar-refractivity contribution in [3.63, 3.8) is 0 Å². The Morgan fingerprint density at radius 3 is 2.76 bits per heavy atom. The van der Waals surface area contributed by atoms with Gasteiger partial charge in [0.05, 0.1) is 19.8 Å². The van der Waals surface area contributed by atoms with Crippen molar-refractivity contribution in [2.75, 3.05) is 37.7 Å². The first-order valence-electron chi connectivity index (χ1n) is 7.43. The summed E-state index contributed by atoms with van der Waals surface area (Å²) < 4.78 is 5.33. The summed E-state index contributed by atoms with van der Waals surface area (Å²) in [6.45, 7) is 8.15. The first kappa shape index (κ1) is 15.7. The Kier molecular flexibility index (Phi) is 5.95. The van der Waals surface area contributed by atoms with Crippen LogP contribution < -0.4 is 15.5 Å². The van der Waals surface area contributed by atoms with E-state index in [2.05, 4.69) is 20.5 Å². The van der Waals surface area contributed by atoms with Crippen molar-refractivity contribution in [2.45, 2.75) is 26.4 Å². The molecule has 1 aromatic heterocycles. The van der Waals surface area contributed by atoms with Gasteiger partial charge in [0, 0.05) is 31.9 Å². The molecule has 0 unspecified atom stereocenters. The molecule has 0 radical (unpaired) electrons. The molecule has 0 aromatic carbocycles. The SMILES string of the molecule is CC(C)NCC(=O)NCc1ccc(N2CCOCC2)nc1. The van der Waals surface area contributed by atoms with Crippen molar-refractivity contribution < 1.29 is 9.53 Å². The van der Waals surface area contributed by atoms with E-state index in [1.54, 1.807) is 0 Å². The molecule has 0 aliphatic carbocycles. The highest BCUT2D eigenvalue weighted by molar-refractivity contribution is 5.77. The molecule has 1 saturated heterocycles. The Morgan fingerprint density at radius 2 is 2.14 bits per heavy atom. The van der Waals surface area contributed by atoms with Gasteiger partial charge in [0.15, 0.2) is 0 Å². The number of pyridine rings is 1. The maximum absolute atomic E-state index is 11.6. The third-order valence-corrected chi connectivity index (χ3v) is 3.30. The Hall–Kier alpha value is -1.66. The molecule has 1 aliphatic heterocycles. The molecule has 1 fully saturated rings. The summed E-state index contributed by atoms with van der Waals surface area (Å²) in [5.74, 6) is 0.968. The second kappa shape index (κ2) is 7.95. The predicted octanol–water partition coefficient (Wildman–Crippen LogP) is 0.532. The largest absolute Gasteiger partial charge is 0.378 e. The molecule has 1 aromatic rings. The van der Waals surface area contributed by atoms with Crippen LogP contribution >= 0.6 is 0 Å². The molecule has 0 saturated carbocycles. The monoisotopic (exact) mass is 292 g/mol. The van der Waals surface area contributed by atoms with Crippen LogP contribution in [0.2, 0.25) is 0 Å². The Morgan fingerprint density at radius 1 is 1.38 bits per heavy atom. The number of carbonyl (C=O) groups is 1. The summed E-state index contributed by atoms with van der Waals surface area (Å²) in [6, 6.07) is 4.32. The van der Waals surface area contributed by atoms with Gasteiger partial charge in [-0.2, -0.15) is 0 Å². The lowest BCUT2D eigenvalue weighted by atomic mass is 10.2. The topological polar surface area (TPSA) is 66.5 Å². The van der Waals surface area contributed by atoms with Gasteiger partial charge < -0.3 is 20.3 Å². The molecule has 0 bridgehead atoms. The Bertz CT molecular complexity index is 441. The van der Waals surface area contributed by atoms with Gasteiger partial charge in [0.2, 0.25) is 5.91 Å². The van der Waals surface area contributed by atoms with E-state index < -0.39 is 0 Å². The third-order valence-electron chi connectivity index (χ3n) is 3.30. The van der Waals surface area contributed by atoms with Crippen LogP contribution in [0.5, 0.6) is 0 Å². The van der Waals surface area contributed by atoms with E-state index in [1.807, 2.05) is 32.2 Å². The summed E-state index contributed by atoms with van der Waals surface area (Å²) in [6.07, 6.45) is 1.82. The molecule has 21 heavy (non-hydrogen) atoms. The lowest BCUT2D eigenvalue weighted by molar-refractivity contribution is -0.120. The zero-order valence-electron chi connectivity index (χ0n) is 12.8. The maximum atomic E-state index is 11.6. The van der Waals surface area contributed by atoms with Crippen LogP contribution in [0, 0.1) is 0 Å². The molecule has 1 aliphatic rings. The second-order valence-corrected chi connectivity index (χ2v) is 5.44. The van der Waals surface area contributed by atoms with Gasteiger partial charge in [-0.15, -0.1) is 0 Å². The van der Waals surface area contributed by atoms with Crippen molar-refractivity contribution >= 4 is 11.7 Å². The number of rotatable bonds is 6. The molecule has 1 amide bonds. The number of hydrogen-bond acceptors (Lipinski definition) is 5. The van der Waals surface area contributed by atoms with Gasteiger partial charge in [-0.25, -0.2) is 4.98 Å². The number of ether oxygens (including phenoxy) is 1. The summed E-state index contributed by atoms with van der Waals surface area (Å²) in [4.78, 5) is 18.3. The lowest BCUT2D eigenvalue weighted by Gasteiger charge is -2.27. The highest BCUT2D eigenvalue weighted by atomic mass is 16.5. The van der Waals surface area contributed by atoms with E-state index in [0.717, 1.165) is 37.7 Å². The van der Waals surface area contributed by atoms with E-state index in [-0.39, 0.29) is 5.91 Å². The van der Waals surface area contributed by atoms with E-state index >= 15 is 0 Å². The first-order valence-corrected chi connectivity index (χ1v) is 7.43. The molecule has 6 nitrogen and oxygen atoms in total. The average Bonchev–Trinajstić information content (AvgIpc) is 2.52. The number of hydrogen-bond donors (Lipinski definition) is 2. The summed E-state index contributed by atoms with van der Waals surface area (Å²) in [7, 11) is 0. The minimum atomic E-state index is 0.000885. The number of aromatic nitrogens is 1. The normalized spacial score (nSPS) is 15.3. The standard InChI is InChI=1S/C15H24N4O2/c1-12(2)16-11-15(20)18-10-13-3-4-14(17-9-13)19-5-7-21-8-6-19/h3-4,9,12,16H,5-8,10-11H2,1-2H3,(H,18,20). The zero-order valence-corrected chi connectivity index (χ0v) is 12.8. The van der Waals surface area contributed by atoms with Crippen LogP contribution in [0.25, 0.3) is 0 Å². The average molecular weight is 292 g/mol. The van der Waals surface area contributed by atoms with Gasteiger partial charge in [-0.05, 0) is 11.6 Å². The fourth-order valence-corrected chi connectivity index (χ4v) is 2.06. The number of morpholine rings is 1. The number of nitrogens with zero attached hydrogens (tertiary/aromatic N) is 2.